The molecule has 1 unspecified atom stereocenters. The van der Waals surface area contributed by atoms with Crippen molar-refractivity contribution in [3.05, 3.63) is 29.3 Å². The summed E-state index contributed by atoms with van der Waals surface area (Å²) in [4.78, 5) is 10.9. The topological polar surface area (TPSA) is 92.7 Å². The molecular weight excluding hydrogens is 270 g/mol. The van der Waals surface area contributed by atoms with Crippen LogP contribution in [0, 0.1) is 13.8 Å². The number of benzene rings is 1. The van der Waals surface area contributed by atoms with E-state index in [-0.39, 0.29) is 11.4 Å². The van der Waals surface area contributed by atoms with Gasteiger partial charge in [-0.25, -0.2) is 17.9 Å². The summed E-state index contributed by atoms with van der Waals surface area (Å²) in [5.41, 5.74) is 1.56. The number of hydrogen-bond acceptors (Lipinski definition) is 4. The number of carboxylic acids is 1. The van der Waals surface area contributed by atoms with Crippen LogP contribution < -0.4 is 4.72 Å². The molecule has 0 bridgehead atoms. The molecule has 7 heteroatoms. The zero-order valence-corrected chi connectivity index (χ0v) is 11.8. The smallest absolute Gasteiger partial charge is 0.334 e. The Morgan fingerprint density at radius 3 is 2.53 bits per heavy atom. The predicted octanol–water partition coefficient (Wildman–Crippen LogP) is 0.681. The van der Waals surface area contributed by atoms with Crippen LogP contribution in [0.5, 0.6) is 0 Å². The average molecular weight is 287 g/mol. The maximum Gasteiger partial charge on any atom is 0.334 e. The maximum atomic E-state index is 12.0. The molecule has 106 valence electrons. The largest absolute Gasteiger partial charge is 0.479 e. The number of ether oxygens (including phenoxy) is 1. The quantitative estimate of drug-likeness (QED) is 0.802. The molecule has 6 nitrogen and oxygen atoms in total. The summed E-state index contributed by atoms with van der Waals surface area (Å²) in [6.45, 7) is 3.23. The highest BCUT2D eigenvalue weighted by Crippen LogP contribution is 2.16. The molecule has 1 aromatic carbocycles. The van der Waals surface area contributed by atoms with E-state index in [1.807, 2.05) is 6.92 Å². The van der Waals surface area contributed by atoms with Crippen molar-refractivity contribution in [1.82, 2.24) is 4.72 Å². The Balaban J connectivity index is 2.90. The first-order chi connectivity index (χ1) is 8.77. The van der Waals surface area contributed by atoms with Crippen LogP contribution in [0.3, 0.4) is 0 Å². The first kappa shape index (κ1) is 15.6. The summed E-state index contributed by atoms with van der Waals surface area (Å²) in [5.74, 6) is -1.22. The van der Waals surface area contributed by atoms with Gasteiger partial charge in [0.1, 0.15) is 0 Å². The molecule has 0 amide bonds. The Hall–Kier alpha value is -1.44. The fourth-order valence-electron chi connectivity index (χ4n) is 1.64. The van der Waals surface area contributed by atoms with Crippen LogP contribution in [0.2, 0.25) is 0 Å². The molecule has 0 radical (unpaired) electrons. The number of methoxy groups -OCH3 is 1. The molecule has 0 aromatic heterocycles. The minimum Gasteiger partial charge on any atom is -0.479 e. The molecule has 1 rings (SSSR count). The van der Waals surface area contributed by atoms with Gasteiger partial charge in [0.2, 0.25) is 10.0 Å². The van der Waals surface area contributed by atoms with E-state index >= 15 is 0 Å². The van der Waals surface area contributed by atoms with Gasteiger partial charge in [0.25, 0.3) is 0 Å². The second-order valence-electron chi connectivity index (χ2n) is 4.18. The van der Waals surface area contributed by atoms with Crippen molar-refractivity contribution < 1.29 is 23.1 Å². The van der Waals surface area contributed by atoms with E-state index in [0.29, 0.717) is 5.56 Å². The highest BCUT2D eigenvalue weighted by Gasteiger charge is 2.22. The van der Waals surface area contributed by atoms with Crippen molar-refractivity contribution in [2.75, 3.05) is 13.7 Å². The second kappa shape index (κ2) is 6.14. The lowest BCUT2D eigenvalue weighted by atomic mass is 10.2. The second-order valence-corrected chi connectivity index (χ2v) is 5.92. The van der Waals surface area contributed by atoms with Gasteiger partial charge in [0, 0.05) is 13.7 Å². The van der Waals surface area contributed by atoms with Gasteiger partial charge < -0.3 is 9.84 Å². The van der Waals surface area contributed by atoms with Crippen molar-refractivity contribution in [3.8, 4) is 0 Å². The van der Waals surface area contributed by atoms with Crippen LogP contribution in [-0.4, -0.2) is 39.3 Å². The third-order valence-corrected chi connectivity index (χ3v) is 4.22. The van der Waals surface area contributed by atoms with Gasteiger partial charge in [0.15, 0.2) is 6.10 Å². The SMILES string of the molecule is COC(CNS(=O)(=O)c1ccc(C)cc1C)C(=O)O. The van der Waals surface area contributed by atoms with Crippen molar-refractivity contribution in [3.63, 3.8) is 0 Å². The molecule has 19 heavy (non-hydrogen) atoms. The fraction of sp³-hybridized carbons (Fsp3) is 0.417. The molecule has 0 saturated carbocycles. The number of carbonyl (C=O) groups is 1. The molecule has 1 aromatic rings. The van der Waals surface area contributed by atoms with Crippen LogP contribution in [0.1, 0.15) is 11.1 Å². The first-order valence-corrected chi connectivity index (χ1v) is 7.08. The number of aliphatic carboxylic acids is 1. The lowest BCUT2D eigenvalue weighted by Gasteiger charge is -2.13. The average Bonchev–Trinajstić information content (AvgIpc) is 2.28. The number of nitrogens with one attached hydrogen (secondary N) is 1. The summed E-state index contributed by atoms with van der Waals surface area (Å²) in [7, 11) is -2.53. The van der Waals surface area contributed by atoms with Crippen LogP contribution >= 0.6 is 0 Å². The standard InChI is InChI=1S/C12H17NO5S/c1-8-4-5-11(9(2)6-8)19(16,17)13-7-10(18-3)12(14)15/h4-6,10,13H,7H2,1-3H3,(H,14,15). The molecule has 0 aliphatic rings. The lowest BCUT2D eigenvalue weighted by Crippen LogP contribution is -2.38. The summed E-state index contributed by atoms with van der Waals surface area (Å²) in [6.07, 6.45) is -1.21. The Morgan fingerprint density at radius 2 is 2.05 bits per heavy atom. The van der Waals surface area contributed by atoms with E-state index in [4.69, 9.17) is 5.11 Å². The Bertz CT molecular complexity index is 567. The van der Waals surface area contributed by atoms with E-state index in [1.165, 1.54) is 13.2 Å². The Morgan fingerprint density at radius 1 is 1.42 bits per heavy atom. The van der Waals surface area contributed by atoms with Crippen molar-refractivity contribution >= 4 is 16.0 Å². The highest BCUT2D eigenvalue weighted by molar-refractivity contribution is 7.89. The number of aryl methyl sites for hydroxylation is 2. The maximum absolute atomic E-state index is 12.0. The van der Waals surface area contributed by atoms with Crippen molar-refractivity contribution in [2.45, 2.75) is 24.8 Å². The third-order valence-electron chi connectivity index (χ3n) is 2.64. The van der Waals surface area contributed by atoms with Gasteiger partial charge in [-0.1, -0.05) is 17.7 Å². The molecule has 0 aliphatic carbocycles. The van der Waals surface area contributed by atoms with Crippen LogP contribution in [0.15, 0.2) is 23.1 Å². The number of carboxylic acid groups (broad SMARTS) is 1. The van der Waals surface area contributed by atoms with Crippen molar-refractivity contribution in [1.29, 1.82) is 0 Å². The van der Waals surface area contributed by atoms with Gasteiger partial charge in [-0.3, -0.25) is 0 Å². The van der Waals surface area contributed by atoms with Gasteiger partial charge in [-0.15, -0.1) is 0 Å². The predicted molar refractivity (Wildman–Crippen MR) is 69.5 cm³/mol. The third kappa shape index (κ3) is 4.02. The van der Waals surface area contributed by atoms with Gasteiger partial charge >= 0.3 is 5.97 Å². The Labute approximate surface area is 112 Å². The zero-order valence-electron chi connectivity index (χ0n) is 11.0. The first-order valence-electron chi connectivity index (χ1n) is 5.60. The molecule has 2 N–H and O–H groups in total. The molecule has 1 atom stereocenters. The van der Waals surface area contributed by atoms with Crippen LogP contribution in [0.25, 0.3) is 0 Å². The van der Waals surface area contributed by atoms with Gasteiger partial charge in [-0.2, -0.15) is 0 Å². The van der Waals surface area contributed by atoms with Crippen LogP contribution in [0.4, 0.5) is 0 Å². The normalized spacial score (nSPS) is 13.2. The summed E-state index contributed by atoms with van der Waals surface area (Å²) in [6, 6.07) is 4.93. The Kier molecular flexibility index (Phi) is 5.04. The van der Waals surface area contributed by atoms with E-state index in [2.05, 4.69) is 9.46 Å². The van der Waals surface area contributed by atoms with Gasteiger partial charge in [0.05, 0.1) is 4.90 Å². The molecule has 0 fully saturated rings. The number of hydrogen-bond donors (Lipinski definition) is 2. The molecular formula is C12H17NO5S. The highest BCUT2D eigenvalue weighted by atomic mass is 32.2. The monoisotopic (exact) mass is 287 g/mol. The van der Waals surface area contributed by atoms with Crippen LogP contribution in [-0.2, 0) is 19.6 Å². The summed E-state index contributed by atoms with van der Waals surface area (Å²) < 4.78 is 31.0. The minimum atomic E-state index is -3.74. The number of rotatable bonds is 6. The van der Waals surface area contributed by atoms with E-state index < -0.39 is 22.1 Å². The van der Waals surface area contributed by atoms with Gasteiger partial charge in [-0.05, 0) is 25.5 Å². The van der Waals surface area contributed by atoms with Crippen molar-refractivity contribution in [2.24, 2.45) is 0 Å². The van der Waals surface area contributed by atoms with E-state index in [0.717, 1.165) is 5.56 Å². The number of sulfonamides is 1. The minimum absolute atomic E-state index is 0.137. The van der Waals surface area contributed by atoms with E-state index in [9.17, 15) is 13.2 Å². The summed E-state index contributed by atoms with van der Waals surface area (Å²) >= 11 is 0. The molecule has 0 heterocycles. The summed E-state index contributed by atoms with van der Waals surface area (Å²) in [5, 5.41) is 8.77. The lowest BCUT2D eigenvalue weighted by molar-refractivity contribution is -0.147. The molecule has 0 spiro atoms. The fourth-order valence-corrected chi connectivity index (χ4v) is 2.89. The molecule has 0 saturated heterocycles. The molecule has 0 aliphatic heterocycles. The zero-order chi connectivity index (χ0) is 14.6. The van der Waals surface area contributed by atoms with E-state index in [1.54, 1.807) is 19.1 Å².